The minimum absolute atomic E-state index is 0.799. The Morgan fingerprint density at radius 2 is 1.74 bits per heavy atom. The third kappa shape index (κ3) is 3.66. The minimum Gasteiger partial charge on any atom is -0.439 e. The summed E-state index contributed by atoms with van der Waals surface area (Å²) in [7, 11) is 0. The van der Waals surface area contributed by atoms with Gasteiger partial charge in [-0.05, 0) is 40.2 Å². The molecule has 3 heterocycles. The van der Waals surface area contributed by atoms with Gasteiger partial charge in [0.25, 0.3) is 0 Å². The average molecular weight is 392 g/mol. The highest BCUT2D eigenvalue weighted by Crippen LogP contribution is 2.24. The number of rotatable bonds is 4. The summed E-state index contributed by atoms with van der Waals surface area (Å²) in [5.74, 6) is 0.821. The van der Waals surface area contributed by atoms with E-state index in [-0.39, 0.29) is 0 Å². The molecule has 0 N–H and O–H groups in total. The molecule has 0 amide bonds. The Labute approximate surface area is 147 Å². The van der Waals surface area contributed by atoms with Gasteiger partial charge in [0.1, 0.15) is 5.52 Å². The molecular formula is C17H18BrN3OS. The van der Waals surface area contributed by atoms with Gasteiger partial charge in [0.15, 0.2) is 5.58 Å². The molecule has 4 rings (SSSR count). The fourth-order valence-corrected chi connectivity index (χ4v) is 4.47. The Morgan fingerprint density at radius 1 is 1.00 bits per heavy atom. The van der Waals surface area contributed by atoms with Crippen LogP contribution in [0.2, 0.25) is 0 Å². The van der Waals surface area contributed by atoms with Gasteiger partial charge in [-0.25, -0.2) is 4.98 Å². The smallest absolute Gasteiger partial charge is 0.209 e. The Bertz CT molecular complexity index is 759. The molecule has 1 aliphatic rings. The van der Waals surface area contributed by atoms with Crippen molar-refractivity contribution in [3.8, 4) is 0 Å². The van der Waals surface area contributed by atoms with Crippen molar-refractivity contribution in [1.82, 2.24) is 14.8 Å². The highest BCUT2D eigenvalue weighted by Gasteiger charge is 2.19. The molecule has 0 saturated carbocycles. The topological polar surface area (TPSA) is 32.5 Å². The predicted octanol–water partition coefficient (Wildman–Crippen LogP) is 3.97. The maximum Gasteiger partial charge on any atom is 0.209 e. The van der Waals surface area contributed by atoms with E-state index in [2.05, 4.69) is 42.8 Å². The van der Waals surface area contributed by atoms with Crippen LogP contribution in [0.15, 0.2) is 44.6 Å². The summed E-state index contributed by atoms with van der Waals surface area (Å²) in [6.07, 6.45) is 0. The number of fused-ring (bicyclic) bond motifs is 1. The molecule has 0 radical (unpaired) electrons. The van der Waals surface area contributed by atoms with Crippen molar-refractivity contribution in [2.75, 3.05) is 26.2 Å². The second-order valence-electron chi connectivity index (χ2n) is 5.83. The van der Waals surface area contributed by atoms with Gasteiger partial charge in [0.05, 0.1) is 10.3 Å². The minimum atomic E-state index is 0.799. The first-order valence-corrected chi connectivity index (χ1v) is 9.40. The van der Waals surface area contributed by atoms with Gasteiger partial charge in [0.2, 0.25) is 5.89 Å². The summed E-state index contributed by atoms with van der Waals surface area (Å²) in [5, 5.41) is 0. The number of benzene rings is 1. The molecule has 0 spiro atoms. The second kappa shape index (κ2) is 6.73. The third-order valence-corrected chi connectivity index (χ3v) is 5.78. The van der Waals surface area contributed by atoms with Crippen molar-refractivity contribution in [3.63, 3.8) is 0 Å². The lowest BCUT2D eigenvalue weighted by atomic mass is 10.3. The summed E-state index contributed by atoms with van der Waals surface area (Å²) >= 11 is 5.36. The van der Waals surface area contributed by atoms with E-state index in [0.717, 1.165) is 56.3 Å². The van der Waals surface area contributed by atoms with Gasteiger partial charge in [-0.3, -0.25) is 9.80 Å². The lowest BCUT2D eigenvalue weighted by molar-refractivity contribution is 0.116. The van der Waals surface area contributed by atoms with Crippen molar-refractivity contribution in [1.29, 1.82) is 0 Å². The van der Waals surface area contributed by atoms with Crippen molar-refractivity contribution < 1.29 is 4.42 Å². The maximum absolute atomic E-state index is 5.83. The zero-order valence-electron chi connectivity index (χ0n) is 12.7. The molecule has 1 aliphatic heterocycles. The number of thiophene rings is 1. The van der Waals surface area contributed by atoms with Crippen LogP contribution in [-0.4, -0.2) is 41.0 Å². The first-order valence-electron chi connectivity index (χ1n) is 7.80. The number of halogens is 1. The predicted molar refractivity (Wildman–Crippen MR) is 96.6 cm³/mol. The van der Waals surface area contributed by atoms with E-state index < -0.39 is 0 Å². The molecule has 23 heavy (non-hydrogen) atoms. The molecule has 1 saturated heterocycles. The van der Waals surface area contributed by atoms with Crippen LogP contribution in [0.1, 0.15) is 10.8 Å². The number of piperazine rings is 1. The normalized spacial score (nSPS) is 17.1. The Hall–Kier alpha value is -1.21. The first-order chi connectivity index (χ1) is 11.3. The Morgan fingerprint density at radius 3 is 2.43 bits per heavy atom. The van der Waals surface area contributed by atoms with Crippen LogP contribution in [-0.2, 0) is 13.1 Å². The van der Waals surface area contributed by atoms with Gasteiger partial charge in [0, 0.05) is 37.6 Å². The van der Waals surface area contributed by atoms with E-state index in [0.29, 0.717) is 0 Å². The molecule has 0 atom stereocenters. The SMILES string of the molecule is Brc1ccc(CN2CCN(Cc3nc4ccccc4o3)CC2)s1. The Kier molecular flexibility index (Phi) is 4.48. The number of nitrogens with zero attached hydrogens (tertiary/aromatic N) is 3. The van der Waals surface area contributed by atoms with Crippen LogP contribution in [0.25, 0.3) is 11.1 Å². The van der Waals surface area contributed by atoms with E-state index in [1.54, 1.807) is 0 Å². The first kappa shape index (κ1) is 15.3. The molecule has 3 aromatic rings. The number of oxazole rings is 1. The van der Waals surface area contributed by atoms with Crippen LogP contribution in [0.5, 0.6) is 0 Å². The van der Waals surface area contributed by atoms with Crippen molar-refractivity contribution in [2.45, 2.75) is 13.1 Å². The quantitative estimate of drug-likeness (QED) is 0.673. The summed E-state index contributed by atoms with van der Waals surface area (Å²) in [4.78, 5) is 10.9. The standard InChI is InChI=1S/C17H18BrN3OS/c18-16-6-5-13(23-16)11-20-7-9-21(10-8-20)12-17-19-14-3-1-2-4-15(14)22-17/h1-6H,7-12H2. The molecular weight excluding hydrogens is 374 g/mol. The molecule has 1 fully saturated rings. The lowest BCUT2D eigenvalue weighted by Gasteiger charge is -2.33. The molecule has 0 unspecified atom stereocenters. The van der Waals surface area contributed by atoms with Crippen molar-refractivity contribution in [2.24, 2.45) is 0 Å². The Balaban J connectivity index is 1.32. The van der Waals surface area contributed by atoms with Gasteiger partial charge >= 0.3 is 0 Å². The van der Waals surface area contributed by atoms with Crippen molar-refractivity contribution >= 4 is 38.4 Å². The number of hydrogen-bond donors (Lipinski definition) is 0. The lowest BCUT2D eigenvalue weighted by Crippen LogP contribution is -2.45. The van der Waals surface area contributed by atoms with Crippen LogP contribution < -0.4 is 0 Å². The van der Waals surface area contributed by atoms with E-state index in [1.807, 2.05) is 35.6 Å². The molecule has 0 aliphatic carbocycles. The fraction of sp³-hybridized carbons (Fsp3) is 0.353. The molecule has 4 nitrogen and oxygen atoms in total. The summed E-state index contributed by atoms with van der Waals surface area (Å²) in [5.41, 5.74) is 1.83. The van der Waals surface area contributed by atoms with Crippen LogP contribution in [0, 0.1) is 0 Å². The van der Waals surface area contributed by atoms with E-state index in [9.17, 15) is 0 Å². The largest absolute Gasteiger partial charge is 0.439 e. The van der Waals surface area contributed by atoms with Crippen molar-refractivity contribution in [3.05, 3.63) is 51.0 Å². The summed E-state index contributed by atoms with van der Waals surface area (Å²) in [6, 6.07) is 12.3. The van der Waals surface area contributed by atoms with E-state index in [1.165, 1.54) is 8.66 Å². The van der Waals surface area contributed by atoms with Gasteiger partial charge in [-0.2, -0.15) is 0 Å². The molecule has 2 aromatic heterocycles. The molecule has 120 valence electrons. The highest BCUT2D eigenvalue weighted by molar-refractivity contribution is 9.11. The second-order valence-corrected chi connectivity index (χ2v) is 8.38. The summed E-state index contributed by atoms with van der Waals surface area (Å²) < 4.78 is 7.04. The van der Waals surface area contributed by atoms with Gasteiger partial charge < -0.3 is 4.42 Å². The van der Waals surface area contributed by atoms with Gasteiger partial charge in [-0.1, -0.05) is 12.1 Å². The fourth-order valence-electron chi connectivity index (χ4n) is 2.94. The zero-order chi connectivity index (χ0) is 15.6. The van der Waals surface area contributed by atoms with Crippen LogP contribution in [0.4, 0.5) is 0 Å². The van der Waals surface area contributed by atoms with E-state index >= 15 is 0 Å². The zero-order valence-corrected chi connectivity index (χ0v) is 15.1. The third-order valence-electron chi connectivity index (χ3n) is 4.17. The average Bonchev–Trinajstić information content (AvgIpc) is 3.14. The molecule has 6 heteroatoms. The van der Waals surface area contributed by atoms with Crippen LogP contribution in [0.3, 0.4) is 0 Å². The molecule has 1 aromatic carbocycles. The van der Waals surface area contributed by atoms with Crippen LogP contribution >= 0.6 is 27.3 Å². The number of hydrogen-bond acceptors (Lipinski definition) is 5. The number of para-hydroxylation sites is 2. The van der Waals surface area contributed by atoms with Gasteiger partial charge in [-0.15, -0.1) is 11.3 Å². The summed E-state index contributed by atoms with van der Waals surface area (Å²) in [6.45, 7) is 6.15. The highest BCUT2D eigenvalue weighted by atomic mass is 79.9. The molecule has 0 bridgehead atoms. The number of aromatic nitrogens is 1. The maximum atomic E-state index is 5.83. The van der Waals surface area contributed by atoms with E-state index in [4.69, 9.17) is 4.42 Å². The monoisotopic (exact) mass is 391 g/mol.